The smallest absolute Gasteiger partial charge is 0.150 e. The first kappa shape index (κ1) is 11.7. The zero-order valence-corrected chi connectivity index (χ0v) is 9.58. The number of halogens is 1. The minimum absolute atomic E-state index is 0.159. The summed E-state index contributed by atoms with van der Waals surface area (Å²) in [4.78, 5) is 2.02. The maximum absolute atomic E-state index is 13.9. The molecule has 0 atom stereocenters. The lowest BCUT2D eigenvalue weighted by molar-refractivity contribution is 0.368. The SMILES string of the molecule is C#CCOc1ccc(N2CCNCC2)c(F)c1. The third kappa shape index (κ3) is 2.89. The van der Waals surface area contributed by atoms with Crippen LogP contribution in [0.25, 0.3) is 0 Å². The Morgan fingerprint density at radius 1 is 1.41 bits per heavy atom. The molecule has 1 N–H and O–H groups in total. The number of benzene rings is 1. The van der Waals surface area contributed by atoms with E-state index in [0.717, 1.165) is 26.2 Å². The van der Waals surface area contributed by atoms with E-state index in [1.807, 2.05) is 4.90 Å². The van der Waals surface area contributed by atoms with Gasteiger partial charge in [0.25, 0.3) is 0 Å². The third-order valence-corrected chi connectivity index (χ3v) is 2.70. The van der Waals surface area contributed by atoms with Gasteiger partial charge in [0.15, 0.2) is 0 Å². The first-order chi connectivity index (χ1) is 8.31. The molecule has 0 aliphatic carbocycles. The Balaban J connectivity index is 2.10. The van der Waals surface area contributed by atoms with Gasteiger partial charge in [-0.3, -0.25) is 0 Å². The summed E-state index contributed by atoms with van der Waals surface area (Å²) < 4.78 is 19.0. The molecule has 1 aliphatic heterocycles. The summed E-state index contributed by atoms with van der Waals surface area (Å²) in [6.07, 6.45) is 5.08. The van der Waals surface area contributed by atoms with Gasteiger partial charge in [-0.05, 0) is 12.1 Å². The van der Waals surface area contributed by atoms with Crippen LogP contribution in [0.15, 0.2) is 18.2 Å². The molecular formula is C13H15FN2O. The van der Waals surface area contributed by atoms with Crippen LogP contribution >= 0.6 is 0 Å². The van der Waals surface area contributed by atoms with Crippen molar-refractivity contribution in [2.24, 2.45) is 0 Å². The first-order valence-corrected chi connectivity index (χ1v) is 5.63. The monoisotopic (exact) mass is 234 g/mol. The van der Waals surface area contributed by atoms with Gasteiger partial charge in [0.1, 0.15) is 18.2 Å². The van der Waals surface area contributed by atoms with Crippen molar-refractivity contribution in [2.45, 2.75) is 0 Å². The van der Waals surface area contributed by atoms with E-state index in [9.17, 15) is 4.39 Å². The number of piperazine rings is 1. The molecule has 0 saturated carbocycles. The molecular weight excluding hydrogens is 219 g/mol. The summed E-state index contributed by atoms with van der Waals surface area (Å²) in [6.45, 7) is 3.57. The summed E-state index contributed by atoms with van der Waals surface area (Å²) in [6, 6.07) is 4.87. The van der Waals surface area contributed by atoms with Gasteiger partial charge in [-0.25, -0.2) is 4.39 Å². The molecule has 1 fully saturated rings. The Morgan fingerprint density at radius 3 is 2.82 bits per heavy atom. The Morgan fingerprint density at radius 2 is 2.18 bits per heavy atom. The molecule has 1 aromatic carbocycles. The predicted molar refractivity (Wildman–Crippen MR) is 65.8 cm³/mol. The molecule has 1 aromatic rings. The first-order valence-electron chi connectivity index (χ1n) is 5.63. The van der Waals surface area contributed by atoms with Crippen LogP contribution in [0.2, 0.25) is 0 Å². The van der Waals surface area contributed by atoms with Crippen molar-refractivity contribution in [1.82, 2.24) is 5.32 Å². The molecule has 17 heavy (non-hydrogen) atoms. The fourth-order valence-electron chi connectivity index (χ4n) is 1.86. The molecule has 0 radical (unpaired) electrons. The van der Waals surface area contributed by atoms with Crippen LogP contribution in [-0.4, -0.2) is 32.8 Å². The van der Waals surface area contributed by atoms with Gasteiger partial charge >= 0.3 is 0 Å². The van der Waals surface area contributed by atoms with Crippen molar-refractivity contribution >= 4 is 5.69 Å². The van der Waals surface area contributed by atoms with Crippen molar-refractivity contribution in [2.75, 3.05) is 37.7 Å². The number of hydrogen-bond donors (Lipinski definition) is 1. The summed E-state index contributed by atoms with van der Waals surface area (Å²) in [5, 5.41) is 3.23. The number of nitrogens with one attached hydrogen (secondary N) is 1. The minimum atomic E-state index is -0.263. The second kappa shape index (κ2) is 5.55. The molecule has 2 rings (SSSR count). The lowest BCUT2D eigenvalue weighted by Gasteiger charge is -2.29. The van der Waals surface area contributed by atoms with E-state index in [2.05, 4.69) is 11.2 Å². The van der Waals surface area contributed by atoms with Crippen LogP contribution in [0.4, 0.5) is 10.1 Å². The van der Waals surface area contributed by atoms with Crippen molar-refractivity contribution in [3.05, 3.63) is 24.0 Å². The molecule has 4 heteroatoms. The van der Waals surface area contributed by atoms with Gasteiger partial charge in [0.2, 0.25) is 0 Å². The van der Waals surface area contributed by atoms with Gasteiger partial charge in [-0.15, -0.1) is 6.42 Å². The van der Waals surface area contributed by atoms with E-state index in [1.54, 1.807) is 12.1 Å². The lowest BCUT2D eigenvalue weighted by Crippen LogP contribution is -2.43. The topological polar surface area (TPSA) is 24.5 Å². The zero-order valence-electron chi connectivity index (χ0n) is 9.58. The summed E-state index contributed by atoms with van der Waals surface area (Å²) in [7, 11) is 0. The van der Waals surface area contributed by atoms with E-state index >= 15 is 0 Å². The predicted octanol–water partition coefficient (Wildman–Crippen LogP) is 1.25. The molecule has 0 unspecified atom stereocenters. The number of terminal acetylenes is 1. The van der Waals surface area contributed by atoms with Gasteiger partial charge in [-0.2, -0.15) is 0 Å². The van der Waals surface area contributed by atoms with Gasteiger partial charge in [0, 0.05) is 32.2 Å². The molecule has 3 nitrogen and oxygen atoms in total. The minimum Gasteiger partial charge on any atom is -0.481 e. The number of anilines is 1. The number of nitrogens with zero attached hydrogens (tertiary/aromatic N) is 1. The van der Waals surface area contributed by atoms with E-state index < -0.39 is 0 Å². The van der Waals surface area contributed by atoms with Crippen LogP contribution in [0, 0.1) is 18.2 Å². The number of ether oxygens (including phenoxy) is 1. The molecule has 90 valence electrons. The van der Waals surface area contributed by atoms with Crippen molar-refractivity contribution in [3.8, 4) is 18.1 Å². The standard InChI is InChI=1S/C13H15FN2O/c1-2-9-17-11-3-4-13(12(14)10-11)16-7-5-15-6-8-16/h1,3-4,10,15H,5-9H2. The van der Waals surface area contributed by atoms with Gasteiger partial charge in [-0.1, -0.05) is 5.92 Å². The van der Waals surface area contributed by atoms with Crippen LogP contribution in [0.5, 0.6) is 5.75 Å². The highest BCUT2D eigenvalue weighted by Crippen LogP contribution is 2.24. The van der Waals surface area contributed by atoms with Crippen molar-refractivity contribution < 1.29 is 9.13 Å². The second-order valence-electron chi connectivity index (χ2n) is 3.84. The normalized spacial score (nSPS) is 15.4. The maximum Gasteiger partial charge on any atom is 0.150 e. The van der Waals surface area contributed by atoms with Crippen molar-refractivity contribution in [3.63, 3.8) is 0 Å². The molecule has 0 spiro atoms. The number of hydrogen-bond acceptors (Lipinski definition) is 3. The highest BCUT2D eigenvalue weighted by molar-refractivity contribution is 5.51. The van der Waals surface area contributed by atoms with Crippen molar-refractivity contribution in [1.29, 1.82) is 0 Å². The second-order valence-corrected chi connectivity index (χ2v) is 3.84. The molecule has 0 aromatic heterocycles. The Labute approximate surface area is 101 Å². The fourth-order valence-corrected chi connectivity index (χ4v) is 1.86. The molecule has 0 amide bonds. The largest absolute Gasteiger partial charge is 0.481 e. The maximum atomic E-state index is 13.9. The Kier molecular flexibility index (Phi) is 3.84. The third-order valence-electron chi connectivity index (χ3n) is 2.70. The van der Waals surface area contributed by atoms with E-state index in [1.165, 1.54) is 6.07 Å². The van der Waals surface area contributed by atoms with Crippen LogP contribution < -0.4 is 15.0 Å². The Hall–Kier alpha value is -1.73. The molecule has 1 heterocycles. The van der Waals surface area contributed by atoms with Crippen LogP contribution in [0.1, 0.15) is 0 Å². The quantitative estimate of drug-likeness (QED) is 0.797. The van der Waals surface area contributed by atoms with E-state index in [4.69, 9.17) is 11.2 Å². The average Bonchev–Trinajstić information content (AvgIpc) is 2.37. The Bertz CT molecular complexity index is 422. The summed E-state index contributed by atoms with van der Waals surface area (Å²) in [5.74, 6) is 2.56. The van der Waals surface area contributed by atoms with E-state index in [0.29, 0.717) is 11.4 Å². The molecule has 1 saturated heterocycles. The highest BCUT2D eigenvalue weighted by Gasteiger charge is 2.14. The highest BCUT2D eigenvalue weighted by atomic mass is 19.1. The van der Waals surface area contributed by atoms with Crippen LogP contribution in [0.3, 0.4) is 0 Å². The summed E-state index contributed by atoms with van der Waals surface area (Å²) >= 11 is 0. The average molecular weight is 234 g/mol. The van der Waals surface area contributed by atoms with Crippen LogP contribution in [-0.2, 0) is 0 Å². The molecule has 1 aliphatic rings. The summed E-state index contributed by atoms with van der Waals surface area (Å²) in [5.41, 5.74) is 0.625. The fraction of sp³-hybridized carbons (Fsp3) is 0.385. The molecule has 0 bridgehead atoms. The number of rotatable bonds is 3. The van der Waals surface area contributed by atoms with Gasteiger partial charge < -0.3 is 15.0 Å². The lowest BCUT2D eigenvalue weighted by atomic mass is 10.2. The van der Waals surface area contributed by atoms with Gasteiger partial charge in [0.05, 0.1) is 5.69 Å². The zero-order chi connectivity index (χ0) is 12.1. The van der Waals surface area contributed by atoms with E-state index in [-0.39, 0.29) is 12.4 Å².